The van der Waals surface area contributed by atoms with Gasteiger partial charge in [0, 0.05) is 17.3 Å². The predicted molar refractivity (Wildman–Crippen MR) is 104 cm³/mol. The van der Waals surface area contributed by atoms with Gasteiger partial charge in [-0.1, -0.05) is 35.9 Å². The molecule has 1 heterocycles. The van der Waals surface area contributed by atoms with Crippen molar-refractivity contribution >= 4 is 23.2 Å². The van der Waals surface area contributed by atoms with E-state index < -0.39 is 0 Å². The summed E-state index contributed by atoms with van der Waals surface area (Å²) in [6, 6.07) is 15.2. The Morgan fingerprint density at radius 1 is 1.27 bits per heavy atom. The predicted octanol–water partition coefficient (Wildman–Crippen LogP) is 3.67. The Bertz CT molecular complexity index is 749. The molecule has 0 aromatic heterocycles. The Morgan fingerprint density at radius 3 is 2.77 bits per heavy atom. The highest BCUT2D eigenvalue weighted by Gasteiger charge is 2.33. The Labute approximate surface area is 159 Å². The van der Waals surface area contributed by atoms with Crippen molar-refractivity contribution in [1.29, 1.82) is 0 Å². The van der Waals surface area contributed by atoms with E-state index in [2.05, 4.69) is 16.2 Å². The highest BCUT2D eigenvalue weighted by Crippen LogP contribution is 2.27. The van der Waals surface area contributed by atoms with E-state index in [1.165, 1.54) is 0 Å². The zero-order valence-electron chi connectivity index (χ0n) is 15.0. The average Bonchev–Trinajstić information content (AvgIpc) is 3.11. The van der Waals surface area contributed by atoms with Gasteiger partial charge in [0.15, 0.2) is 0 Å². The van der Waals surface area contributed by atoms with Gasteiger partial charge >= 0.3 is 0 Å². The topological polar surface area (TPSA) is 62.4 Å². The molecular weight excluding hydrogens is 350 g/mol. The fraction of sp³-hybridized carbons (Fsp3) is 0.350. The van der Waals surface area contributed by atoms with Crippen molar-refractivity contribution in [3.8, 4) is 0 Å². The maximum absolute atomic E-state index is 12.8. The molecule has 26 heavy (non-hydrogen) atoms. The van der Waals surface area contributed by atoms with E-state index in [1.54, 1.807) is 0 Å². The first-order chi connectivity index (χ1) is 12.5. The van der Waals surface area contributed by atoms with Gasteiger partial charge in [-0.15, -0.1) is 0 Å². The van der Waals surface area contributed by atoms with E-state index in [9.17, 15) is 4.79 Å². The number of halogens is 1. The van der Waals surface area contributed by atoms with Gasteiger partial charge in [0.1, 0.15) is 0 Å². The molecule has 1 aliphatic rings. The number of anilines is 1. The van der Waals surface area contributed by atoms with E-state index >= 15 is 0 Å². The second-order valence-corrected chi connectivity index (χ2v) is 7.15. The summed E-state index contributed by atoms with van der Waals surface area (Å²) in [6.45, 7) is 5.10. The molecule has 2 atom stereocenters. The SMILES string of the molecule is CC(C)OCc1cccc(NC(=O)C2CNNC2c2ccc(Cl)cc2)c1. The number of amides is 1. The van der Waals surface area contributed by atoms with Crippen molar-refractivity contribution < 1.29 is 9.53 Å². The lowest BCUT2D eigenvalue weighted by Crippen LogP contribution is -2.29. The first kappa shape index (κ1) is 18.9. The quantitative estimate of drug-likeness (QED) is 0.723. The van der Waals surface area contributed by atoms with Crippen molar-refractivity contribution in [2.75, 3.05) is 11.9 Å². The summed E-state index contributed by atoms with van der Waals surface area (Å²) in [7, 11) is 0. The zero-order chi connectivity index (χ0) is 18.5. The van der Waals surface area contributed by atoms with Crippen LogP contribution in [0, 0.1) is 5.92 Å². The summed E-state index contributed by atoms with van der Waals surface area (Å²) in [5.41, 5.74) is 9.10. The third-order valence-corrected chi connectivity index (χ3v) is 4.58. The molecule has 3 N–H and O–H groups in total. The van der Waals surface area contributed by atoms with Crippen LogP contribution in [0.15, 0.2) is 48.5 Å². The monoisotopic (exact) mass is 373 g/mol. The van der Waals surface area contributed by atoms with E-state index in [0.717, 1.165) is 16.8 Å². The first-order valence-corrected chi connectivity index (χ1v) is 9.16. The molecule has 0 bridgehead atoms. The summed E-state index contributed by atoms with van der Waals surface area (Å²) in [5, 5.41) is 3.70. The van der Waals surface area contributed by atoms with Gasteiger partial charge in [-0.2, -0.15) is 0 Å². The summed E-state index contributed by atoms with van der Waals surface area (Å²) in [6.07, 6.45) is 0.170. The zero-order valence-corrected chi connectivity index (χ0v) is 15.7. The molecule has 5 nitrogen and oxygen atoms in total. The minimum absolute atomic E-state index is 0.0237. The largest absolute Gasteiger partial charge is 0.374 e. The maximum Gasteiger partial charge on any atom is 0.230 e. The molecule has 1 saturated heterocycles. The van der Waals surface area contributed by atoms with Crippen molar-refractivity contribution in [2.45, 2.75) is 32.6 Å². The average molecular weight is 374 g/mol. The summed E-state index contributed by atoms with van der Waals surface area (Å²) in [4.78, 5) is 12.8. The molecule has 1 fully saturated rings. The lowest BCUT2D eigenvalue weighted by molar-refractivity contribution is -0.119. The minimum Gasteiger partial charge on any atom is -0.374 e. The molecule has 1 amide bonds. The van der Waals surface area contributed by atoms with Gasteiger partial charge in [-0.3, -0.25) is 10.2 Å². The van der Waals surface area contributed by atoms with Crippen LogP contribution in [0.5, 0.6) is 0 Å². The number of ether oxygens (including phenoxy) is 1. The van der Waals surface area contributed by atoms with Crippen LogP contribution < -0.4 is 16.2 Å². The third-order valence-electron chi connectivity index (χ3n) is 4.33. The molecule has 1 aliphatic heterocycles. The smallest absolute Gasteiger partial charge is 0.230 e. The van der Waals surface area contributed by atoms with Gasteiger partial charge in [0.05, 0.1) is 24.7 Å². The number of benzene rings is 2. The van der Waals surface area contributed by atoms with Gasteiger partial charge in [0.2, 0.25) is 5.91 Å². The van der Waals surface area contributed by atoms with Crippen LogP contribution in [-0.4, -0.2) is 18.6 Å². The van der Waals surface area contributed by atoms with Gasteiger partial charge < -0.3 is 10.1 Å². The van der Waals surface area contributed by atoms with Crippen LogP contribution in [0.25, 0.3) is 0 Å². The maximum atomic E-state index is 12.8. The second kappa shape index (κ2) is 8.64. The minimum atomic E-state index is -0.216. The second-order valence-electron chi connectivity index (χ2n) is 6.71. The van der Waals surface area contributed by atoms with Crippen LogP contribution in [0.3, 0.4) is 0 Å². The van der Waals surface area contributed by atoms with Gasteiger partial charge in [-0.25, -0.2) is 5.43 Å². The number of hydrazine groups is 1. The Balaban J connectivity index is 1.67. The molecule has 6 heteroatoms. The number of carbonyl (C=O) groups is 1. The molecule has 138 valence electrons. The van der Waals surface area contributed by atoms with Crippen molar-refractivity contribution in [1.82, 2.24) is 10.9 Å². The fourth-order valence-corrected chi connectivity index (χ4v) is 3.09. The normalized spacial score (nSPS) is 19.7. The van der Waals surface area contributed by atoms with Crippen molar-refractivity contribution in [3.63, 3.8) is 0 Å². The fourth-order valence-electron chi connectivity index (χ4n) is 2.96. The number of carbonyl (C=O) groups excluding carboxylic acids is 1. The highest BCUT2D eigenvalue weighted by molar-refractivity contribution is 6.30. The van der Waals surface area contributed by atoms with Crippen LogP contribution >= 0.6 is 11.6 Å². The summed E-state index contributed by atoms with van der Waals surface area (Å²) >= 11 is 5.96. The molecule has 0 aliphatic carbocycles. The lowest BCUT2D eigenvalue weighted by Gasteiger charge is -2.19. The molecule has 3 rings (SSSR count). The van der Waals surface area contributed by atoms with E-state index in [-0.39, 0.29) is 24.0 Å². The van der Waals surface area contributed by atoms with Crippen molar-refractivity contribution in [3.05, 3.63) is 64.7 Å². The Kier molecular flexibility index (Phi) is 6.27. The van der Waals surface area contributed by atoms with Crippen LogP contribution in [0.4, 0.5) is 5.69 Å². The molecular formula is C20H24ClN3O2. The number of rotatable bonds is 6. The number of hydrogen-bond donors (Lipinski definition) is 3. The van der Waals surface area contributed by atoms with Gasteiger partial charge in [0.25, 0.3) is 0 Å². The lowest BCUT2D eigenvalue weighted by atomic mass is 9.94. The third kappa shape index (κ3) is 4.83. The summed E-state index contributed by atoms with van der Waals surface area (Å²) < 4.78 is 5.63. The summed E-state index contributed by atoms with van der Waals surface area (Å²) in [5.74, 6) is -0.240. The van der Waals surface area contributed by atoms with Gasteiger partial charge in [-0.05, 0) is 49.2 Å². The number of hydrogen-bond acceptors (Lipinski definition) is 4. The molecule has 0 spiro atoms. The van der Waals surface area contributed by atoms with Crippen molar-refractivity contribution in [2.24, 2.45) is 5.92 Å². The van der Waals surface area contributed by atoms with Crippen LogP contribution in [0.1, 0.15) is 31.0 Å². The molecule has 0 saturated carbocycles. The molecule has 2 aromatic rings. The van der Waals surface area contributed by atoms with Crippen LogP contribution in [0.2, 0.25) is 5.02 Å². The Hall–Kier alpha value is -1.92. The molecule has 2 aromatic carbocycles. The van der Waals surface area contributed by atoms with E-state index in [0.29, 0.717) is 18.2 Å². The Morgan fingerprint density at radius 2 is 2.04 bits per heavy atom. The standard InChI is InChI=1S/C20H24ClN3O2/c1-13(2)26-12-14-4-3-5-17(10-14)23-20(25)18-11-22-24-19(18)15-6-8-16(21)9-7-15/h3-10,13,18-19,22,24H,11-12H2,1-2H3,(H,23,25). The van der Waals surface area contributed by atoms with Crippen LogP contribution in [-0.2, 0) is 16.1 Å². The molecule has 2 unspecified atom stereocenters. The number of nitrogens with one attached hydrogen (secondary N) is 3. The first-order valence-electron chi connectivity index (χ1n) is 8.78. The molecule has 0 radical (unpaired) electrons. The highest BCUT2D eigenvalue weighted by atomic mass is 35.5. The van der Waals surface area contributed by atoms with E-state index in [4.69, 9.17) is 16.3 Å². The van der Waals surface area contributed by atoms with E-state index in [1.807, 2.05) is 62.4 Å².